The third-order valence-corrected chi connectivity index (χ3v) is 7.13. The first-order valence-electron chi connectivity index (χ1n) is 13.0. The Hall–Kier alpha value is -5.19. The minimum absolute atomic E-state index is 0.0314. The number of carbonyl (C=O) groups excluding carboxylic acids is 4. The van der Waals surface area contributed by atoms with Gasteiger partial charge in [0.2, 0.25) is 5.91 Å². The summed E-state index contributed by atoms with van der Waals surface area (Å²) in [5.41, 5.74) is 5.48. The van der Waals surface area contributed by atoms with Crippen LogP contribution in [-0.2, 0) is 19.9 Å². The van der Waals surface area contributed by atoms with Gasteiger partial charge in [0.25, 0.3) is 11.8 Å². The molecule has 11 nitrogen and oxygen atoms in total. The van der Waals surface area contributed by atoms with Gasteiger partial charge >= 0.3 is 12.0 Å². The van der Waals surface area contributed by atoms with Gasteiger partial charge in [0.1, 0.15) is 5.54 Å². The Balaban J connectivity index is 1.77. The molecule has 4 rings (SSSR count). The summed E-state index contributed by atoms with van der Waals surface area (Å²) in [4.78, 5) is 68.5. The van der Waals surface area contributed by atoms with Gasteiger partial charge in [-0.1, -0.05) is 68.4 Å². The van der Waals surface area contributed by atoms with Gasteiger partial charge in [0.05, 0.1) is 5.56 Å². The molecular weight excluding hydrogens is 526 g/mol. The number of nitrogens with one attached hydrogen (secondary N) is 2. The van der Waals surface area contributed by atoms with E-state index in [1.54, 1.807) is 74.5 Å². The number of amides is 5. The Kier molecular flexibility index (Phi) is 8.37. The van der Waals surface area contributed by atoms with Gasteiger partial charge in [0, 0.05) is 24.5 Å². The van der Waals surface area contributed by atoms with Crippen LogP contribution >= 0.6 is 0 Å². The van der Waals surface area contributed by atoms with Crippen LogP contribution in [0, 0.1) is 5.92 Å². The number of aromatic carboxylic acids is 1. The molecule has 2 unspecified atom stereocenters. The van der Waals surface area contributed by atoms with Crippen molar-refractivity contribution in [3.05, 3.63) is 96.1 Å². The molecule has 0 aromatic heterocycles. The highest BCUT2D eigenvalue weighted by atomic mass is 16.4. The normalized spacial score (nSPS) is 17.0. The Labute approximate surface area is 236 Å². The number of carboxylic acid groups (broad SMARTS) is 1. The number of hydrogen-bond donors (Lipinski definition) is 4. The van der Waals surface area contributed by atoms with Crippen molar-refractivity contribution in [2.24, 2.45) is 11.7 Å². The lowest BCUT2D eigenvalue weighted by Gasteiger charge is -2.45. The molecule has 0 aliphatic carbocycles. The van der Waals surface area contributed by atoms with Crippen molar-refractivity contribution >= 4 is 41.1 Å². The van der Waals surface area contributed by atoms with Crippen LogP contribution in [0.2, 0.25) is 0 Å². The van der Waals surface area contributed by atoms with E-state index in [1.165, 1.54) is 34.1 Å². The van der Waals surface area contributed by atoms with E-state index in [0.29, 0.717) is 11.3 Å². The molecule has 3 aromatic rings. The van der Waals surface area contributed by atoms with Gasteiger partial charge in [-0.2, -0.15) is 0 Å². The minimum atomic E-state index is -1.72. The third-order valence-electron chi connectivity index (χ3n) is 7.13. The van der Waals surface area contributed by atoms with Gasteiger partial charge in [-0.05, 0) is 41.8 Å². The van der Waals surface area contributed by atoms with Gasteiger partial charge in [-0.15, -0.1) is 0 Å². The molecular formula is C30H31N5O6. The average Bonchev–Trinajstić information content (AvgIpc) is 3.06. The molecule has 11 heteroatoms. The lowest BCUT2D eigenvalue weighted by molar-refractivity contribution is -0.152. The minimum Gasteiger partial charge on any atom is -0.478 e. The first-order chi connectivity index (χ1) is 19.6. The van der Waals surface area contributed by atoms with Crippen molar-refractivity contribution in [3.63, 3.8) is 0 Å². The van der Waals surface area contributed by atoms with E-state index in [4.69, 9.17) is 5.73 Å². The number of hydrogen-bond acceptors (Lipinski definition) is 5. The molecule has 0 saturated carbocycles. The number of urea groups is 1. The standard InChI is InChI=1S/C30H31N5O6/c1-19(2)30(28(31)40,21-11-5-3-6-12-21)35-17-16-34(23-14-7-4-8-15-23)25(36)24(26(35)37)33-29(41)32-22-13-9-10-20(18-22)27(38)39/h3-15,18-19,24H,16-17H2,1-2H3,(H2,31,40)(H,38,39)(H2,32,33,41). The molecule has 5 amide bonds. The van der Waals surface area contributed by atoms with E-state index in [9.17, 15) is 29.1 Å². The highest BCUT2D eigenvalue weighted by Crippen LogP contribution is 2.38. The highest BCUT2D eigenvalue weighted by Gasteiger charge is 2.53. The summed E-state index contributed by atoms with van der Waals surface area (Å²) >= 11 is 0. The van der Waals surface area contributed by atoms with Gasteiger partial charge < -0.3 is 31.3 Å². The summed E-state index contributed by atoms with van der Waals surface area (Å²) in [5.74, 6) is -3.97. The van der Waals surface area contributed by atoms with Gasteiger partial charge in [0.15, 0.2) is 6.04 Å². The number of carbonyl (C=O) groups is 5. The van der Waals surface area contributed by atoms with Crippen LogP contribution in [0.15, 0.2) is 84.9 Å². The Morgan fingerprint density at radius 3 is 2.12 bits per heavy atom. The number of anilines is 2. The summed E-state index contributed by atoms with van der Waals surface area (Å²) in [6.45, 7) is 3.51. The predicted molar refractivity (Wildman–Crippen MR) is 152 cm³/mol. The second kappa shape index (κ2) is 11.9. The molecule has 5 N–H and O–H groups in total. The molecule has 41 heavy (non-hydrogen) atoms. The van der Waals surface area contributed by atoms with E-state index >= 15 is 0 Å². The number of carboxylic acids is 1. The van der Waals surface area contributed by atoms with Crippen LogP contribution in [0.5, 0.6) is 0 Å². The molecule has 212 valence electrons. The summed E-state index contributed by atoms with van der Waals surface area (Å²) in [5, 5.41) is 14.2. The summed E-state index contributed by atoms with van der Waals surface area (Å²) in [6, 6.07) is 20.2. The first kappa shape index (κ1) is 28.8. The van der Waals surface area contributed by atoms with E-state index in [0.717, 1.165) is 0 Å². The maximum atomic E-state index is 14.2. The molecule has 1 saturated heterocycles. The third kappa shape index (κ3) is 5.60. The van der Waals surface area contributed by atoms with Crippen LogP contribution in [0.4, 0.5) is 16.2 Å². The number of nitrogens with two attached hydrogens (primary N) is 1. The Morgan fingerprint density at radius 1 is 0.902 bits per heavy atom. The van der Waals surface area contributed by atoms with E-state index in [1.807, 2.05) is 0 Å². The van der Waals surface area contributed by atoms with E-state index in [-0.39, 0.29) is 24.3 Å². The lowest BCUT2D eigenvalue weighted by Crippen LogP contribution is -2.64. The molecule has 1 fully saturated rings. The number of primary amides is 1. The van der Waals surface area contributed by atoms with Crippen molar-refractivity contribution in [2.75, 3.05) is 23.3 Å². The van der Waals surface area contributed by atoms with Crippen molar-refractivity contribution in [1.82, 2.24) is 10.2 Å². The molecule has 1 aliphatic rings. The zero-order valence-corrected chi connectivity index (χ0v) is 22.6. The van der Waals surface area contributed by atoms with Crippen LogP contribution in [0.1, 0.15) is 29.8 Å². The average molecular weight is 558 g/mol. The molecule has 1 aliphatic heterocycles. The topological polar surface area (TPSA) is 162 Å². The van der Waals surface area contributed by atoms with Crippen molar-refractivity contribution < 1.29 is 29.1 Å². The van der Waals surface area contributed by atoms with E-state index in [2.05, 4.69) is 10.6 Å². The maximum Gasteiger partial charge on any atom is 0.335 e. The van der Waals surface area contributed by atoms with E-state index < -0.39 is 47.2 Å². The van der Waals surface area contributed by atoms with Crippen molar-refractivity contribution in [3.8, 4) is 0 Å². The highest BCUT2D eigenvalue weighted by molar-refractivity contribution is 6.15. The molecule has 0 spiro atoms. The smallest absolute Gasteiger partial charge is 0.335 e. The monoisotopic (exact) mass is 557 g/mol. The molecule has 0 radical (unpaired) electrons. The Morgan fingerprint density at radius 2 is 1.54 bits per heavy atom. The lowest BCUT2D eigenvalue weighted by atomic mass is 9.77. The van der Waals surface area contributed by atoms with Crippen molar-refractivity contribution in [1.29, 1.82) is 0 Å². The number of benzene rings is 3. The number of para-hydroxylation sites is 1. The number of nitrogens with zero attached hydrogens (tertiary/aromatic N) is 2. The fraction of sp³-hybridized carbons (Fsp3) is 0.233. The van der Waals surface area contributed by atoms with Crippen LogP contribution in [0.3, 0.4) is 0 Å². The second-order valence-electron chi connectivity index (χ2n) is 9.88. The molecule has 1 heterocycles. The quantitative estimate of drug-likeness (QED) is 0.311. The summed E-state index contributed by atoms with van der Waals surface area (Å²) in [7, 11) is 0. The van der Waals surface area contributed by atoms with Crippen LogP contribution < -0.4 is 21.3 Å². The molecule has 0 bridgehead atoms. The van der Waals surface area contributed by atoms with Crippen molar-refractivity contribution in [2.45, 2.75) is 25.4 Å². The van der Waals surface area contributed by atoms with Gasteiger partial charge in [-0.3, -0.25) is 14.4 Å². The maximum absolute atomic E-state index is 14.2. The largest absolute Gasteiger partial charge is 0.478 e. The first-order valence-corrected chi connectivity index (χ1v) is 13.0. The zero-order valence-electron chi connectivity index (χ0n) is 22.6. The Bertz CT molecular complexity index is 1460. The van der Waals surface area contributed by atoms with Gasteiger partial charge in [-0.25, -0.2) is 9.59 Å². The fourth-order valence-corrected chi connectivity index (χ4v) is 5.26. The molecule has 3 aromatic carbocycles. The fourth-order valence-electron chi connectivity index (χ4n) is 5.26. The zero-order chi connectivity index (χ0) is 29.7. The SMILES string of the molecule is CC(C)C(C(N)=O)(c1ccccc1)N1CCN(c2ccccc2)C(=O)C(NC(=O)Nc2cccc(C(=O)O)c2)C1=O. The second-order valence-corrected chi connectivity index (χ2v) is 9.88. The summed E-state index contributed by atoms with van der Waals surface area (Å²) < 4.78 is 0. The summed E-state index contributed by atoms with van der Waals surface area (Å²) in [6.07, 6.45) is 0. The van der Waals surface area contributed by atoms with Crippen LogP contribution in [0.25, 0.3) is 0 Å². The van der Waals surface area contributed by atoms with Crippen LogP contribution in [-0.4, -0.2) is 58.9 Å². The number of rotatable bonds is 8. The molecule has 2 atom stereocenters. The predicted octanol–water partition coefficient (Wildman–Crippen LogP) is 2.79.